The second-order valence-electron chi connectivity index (χ2n) is 4.67. The minimum absolute atomic E-state index is 0.0389. The second-order valence-corrected chi connectivity index (χ2v) is 6.35. The van der Waals surface area contributed by atoms with Crippen molar-refractivity contribution >= 4 is 34.3 Å². The van der Waals surface area contributed by atoms with E-state index in [2.05, 4.69) is 0 Å². The van der Waals surface area contributed by atoms with E-state index < -0.39 is 46.0 Å². The number of carbonyl (C=O) groups is 1. The van der Waals surface area contributed by atoms with Crippen LogP contribution in [0.15, 0.2) is 41.3 Å². The molecule has 11 heteroatoms. The van der Waals surface area contributed by atoms with Crippen LogP contribution in [0, 0.1) is 11.6 Å². The van der Waals surface area contributed by atoms with E-state index in [-0.39, 0.29) is 10.4 Å². The van der Waals surface area contributed by atoms with Crippen molar-refractivity contribution in [1.29, 1.82) is 0 Å². The van der Waals surface area contributed by atoms with Gasteiger partial charge in [0.25, 0.3) is 10.0 Å². The van der Waals surface area contributed by atoms with Gasteiger partial charge in [-0.3, -0.25) is 4.72 Å². The Bertz CT molecular complexity index is 886. The van der Waals surface area contributed by atoms with E-state index in [9.17, 15) is 22.0 Å². The number of halogens is 2. The lowest BCUT2D eigenvalue weighted by Crippen LogP contribution is -2.29. The lowest BCUT2D eigenvalue weighted by molar-refractivity contribution is 0.0691. The quantitative estimate of drug-likeness (QED) is 0.565. The lowest BCUT2D eigenvalue weighted by atomic mass is 9.81. The van der Waals surface area contributed by atoms with Crippen molar-refractivity contribution in [2.45, 2.75) is 4.90 Å². The molecular weight excluding hydrogens is 347 g/mol. The van der Waals surface area contributed by atoms with Crippen LogP contribution in [-0.2, 0) is 10.0 Å². The van der Waals surface area contributed by atoms with Gasteiger partial charge in [-0.2, -0.15) is 0 Å². The molecule has 0 heterocycles. The molecule has 0 aliphatic rings. The van der Waals surface area contributed by atoms with Gasteiger partial charge in [-0.05, 0) is 23.7 Å². The van der Waals surface area contributed by atoms with E-state index in [0.29, 0.717) is 12.1 Å². The predicted molar refractivity (Wildman–Crippen MR) is 80.4 cm³/mol. The fourth-order valence-electron chi connectivity index (χ4n) is 1.81. The summed E-state index contributed by atoms with van der Waals surface area (Å²) in [7, 11) is -6.08. The summed E-state index contributed by atoms with van der Waals surface area (Å²) in [6.07, 6.45) is 0. The van der Waals surface area contributed by atoms with Crippen LogP contribution in [0.4, 0.5) is 14.5 Å². The average molecular weight is 357 g/mol. The first-order valence-electron chi connectivity index (χ1n) is 6.33. The summed E-state index contributed by atoms with van der Waals surface area (Å²) in [5.41, 5.74) is -1.66. The molecule has 0 unspecified atom stereocenters. The van der Waals surface area contributed by atoms with Crippen molar-refractivity contribution in [3.8, 4) is 0 Å². The van der Waals surface area contributed by atoms with Crippen LogP contribution < -0.4 is 10.2 Å². The van der Waals surface area contributed by atoms with E-state index in [1.165, 1.54) is 0 Å². The van der Waals surface area contributed by atoms with Crippen LogP contribution in [0.25, 0.3) is 0 Å². The largest absolute Gasteiger partial charge is 0.488 e. The van der Waals surface area contributed by atoms with Crippen molar-refractivity contribution in [2.75, 3.05) is 4.72 Å². The van der Waals surface area contributed by atoms with Crippen LogP contribution in [0.2, 0.25) is 0 Å². The van der Waals surface area contributed by atoms with Crippen molar-refractivity contribution in [3.63, 3.8) is 0 Å². The van der Waals surface area contributed by atoms with Crippen molar-refractivity contribution in [2.24, 2.45) is 0 Å². The number of nitrogens with one attached hydrogen (secondary N) is 1. The highest BCUT2D eigenvalue weighted by molar-refractivity contribution is 7.92. The summed E-state index contributed by atoms with van der Waals surface area (Å²) in [4.78, 5) is 10.4. The Hall–Kier alpha value is -2.50. The Morgan fingerprint density at radius 1 is 1.04 bits per heavy atom. The third kappa shape index (κ3) is 3.70. The Morgan fingerprint density at radius 3 is 2.12 bits per heavy atom. The number of carboxylic acids is 1. The lowest BCUT2D eigenvalue weighted by Gasteiger charge is -2.10. The third-order valence-corrected chi connectivity index (χ3v) is 4.40. The SMILES string of the molecule is O=C(O)c1cc(F)c(NS(=O)(=O)c2ccc(B(O)O)cc2)cc1F. The number of anilines is 1. The van der Waals surface area contributed by atoms with E-state index in [1.54, 1.807) is 4.72 Å². The number of aromatic carboxylic acids is 1. The number of hydrogen-bond acceptors (Lipinski definition) is 5. The molecule has 0 atom stereocenters. The summed E-state index contributed by atoms with van der Waals surface area (Å²) >= 11 is 0. The summed E-state index contributed by atoms with van der Waals surface area (Å²) in [5.74, 6) is -4.26. The van der Waals surface area contributed by atoms with Gasteiger partial charge in [-0.1, -0.05) is 12.1 Å². The molecule has 0 aliphatic heterocycles. The van der Waals surface area contributed by atoms with Crippen LogP contribution in [0.5, 0.6) is 0 Å². The molecule has 126 valence electrons. The van der Waals surface area contributed by atoms with Crippen LogP contribution in [0.3, 0.4) is 0 Å². The van der Waals surface area contributed by atoms with Gasteiger partial charge in [0.05, 0.1) is 16.1 Å². The zero-order chi connectivity index (χ0) is 18.1. The molecule has 24 heavy (non-hydrogen) atoms. The van der Waals surface area contributed by atoms with Crippen LogP contribution >= 0.6 is 0 Å². The molecule has 2 aromatic rings. The molecule has 2 rings (SSSR count). The number of sulfonamides is 1. The Balaban J connectivity index is 2.35. The number of benzene rings is 2. The molecule has 0 bridgehead atoms. The van der Waals surface area contributed by atoms with E-state index >= 15 is 0 Å². The molecule has 0 aromatic heterocycles. The highest BCUT2D eigenvalue weighted by atomic mass is 32.2. The summed E-state index contributed by atoms with van der Waals surface area (Å²) in [6.45, 7) is 0. The number of rotatable bonds is 5. The van der Waals surface area contributed by atoms with Gasteiger partial charge in [-0.15, -0.1) is 0 Å². The Morgan fingerprint density at radius 2 is 1.62 bits per heavy atom. The third-order valence-electron chi connectivity index (χ3n) is 3.02. The molecular formula is C13H10BF2NO6S. The maximum absolute atomic E-state index is 13.8. The summed E-state index contributed by atoms with van der Waals surface area (Å²) in [6, 6.07) is 5.12. The van der Waals surface area contributed by atoms with Gasteiger partial charge < -0.3 is 15.2 Å². The highest BCUT2D eigenvalue weighted by Crippen LogP contribution is 2.22. The van der Waals surface area contributed by atoms with Gasteiger partial charge in [0, 0.05) is 6.07 Å². The number of hydrogen-bond donors (Lipinski definition) is 4. The maximum atomic E-state index is 13.8. The molecule has 2 aromatic carbocycles. The first-order valence-corrected chi connectivity index (χ1v) is 7.81. The molecule has 7 nitrogen and oxygen atoms in total. The zero-order valence-electron chi connectivity index (χ0n) is 11.8. The molecule has 0 amide bonds. The van der Waals surface area contributed by atoms with Crippen LogP contribution in [0.1, 0.15) is 10.4 Å². The van der Waals surface area contributed by atoms with Gasteiger partial charge >= 0.3 is 13.1 Å². The molecule has 0 aliphatic carbocycles. The van der Waals surface area contributed by atoms with Gasteiger partial charge in [-0.25, -0.2) is 22.0 Å². The van der Waals surface area contributed by atoms with E-state index in [0.717, 1.165) is 24.3 Å². The van der Waals surface area contributed by atoms with E-state index in [4.69, 9.17) is 15.2 Å². The summed E-state index contributed by atoms with van der Waals surface area (Å²) in [5, 5.41) is 26.6. The van der Waals surface area contributed by atoms with Crippen molar-refractivity contribution in [3.05, 3.63) is 53.6 Å². The minimum atomic E-state index is -4.30. The van der Waals surface area contributed by atoms with Crippen molar-refractivity contribution in [1.82, 2.24) is 0 Å². The Labute approximate surface area is 135 Å². The fourth-order valence-corrected chi connectivity index (χ4v) is 2.87. The molecule has 0 fully saturated rings. The fraction of sp³-hybridized carbons (Fsp3) is 0. The van der Waals surface area contributed by atoms with Crippen LogP contribution in [-0.4, -0.2) is 36.7 Å². The van der Waals surface area contributed by atoms with Gasteiger partial charge in [0.2, 0.25) is 0 Å². The molecule has 0 radical (unpaired) electrons. The molecule has 0 saturated heterocycles. The summed E-state index contributed by atoms with van der Waals surface area (Å²) < 4.78 is 53.4. The minimum Gasteiger partial charge on any atom is -0.478 e. The monoisotopic (exact) mass is 357 g/mol. The normalized spacial score (nSPS) is 11.2. The first kappa shape index (κ1) is 17.9. The van der Waals surface area contributed by atoms with Crippen molar-refractivity contribution < 1.29 is 37.1 Å². The zero-order valence-corrected chi connectivity index (χ0v) is 12.6. The topological polar surface area (TPSA) is 124 Å². The van der Waals surface area contributed by atoms with E-state index in [1.807, 2.05) is 0 Å². The highest BCUT2D eigenvalue weighted by Gasteiger charge is 2.21. The number of carboxylic acid groups (broad SMARTS) is 1. The van der Waals surface area contributed by atoms with Gasteiger partial charge in [0.15, 0.2) is 0 Å². The average Bonchev–Trinajstić information content (AvgIpc) is 2.50. The second kappa shape index (κ2) is 6.55. The maximum Gasteiger partial charge on any atom is 0.488 e. The predicted octanol–water partition coefficient (Wildman–Crippen LogP) is 0.144. The molecule has 0 spiro atoms. The van der Waals surface area contributed by atoms with Gasteiger partial charge in [0.1, 0.15) is 11.6 Å². The Kier molecular flexibility index (Phi) is 4.87. The molecule has 0 saturated carbocycles. The standard InChI is InChI=1S/C13H10BF2NO6S/c15-10-6-12(11(16)5-9(10)13(18)19)17-24(22,23)8-3-1-7(2-4-8)14(20)21/h1-6,17,20-21H,(H,18,19). The smallest absolute Gasteiger partial charge is 0.478 e. The molecule has 4 N–H and O–H groups in total. The first-order chi connectivity index (χ1) is 11.1.